The summed E-state index contributed by atoms with van der Waals surface area (Å²) in [6.07, 6.45) is 4.38. The monoisotopic (exact) mass is 574 g/mol. The largest absolute Gasteiger partial charge is 0.419 e. The predicted octanol–water partition coefficient (Wildman–Crippen LogP) is 5.12. The predicted molar refractivity (Wildman–Crippen MR) is 150 cm³/mol. The maximum Gasteiger partial charge on any atom is 0.419 e. The SMILES string of the molecule is CP(C)(=O)c1c2ccc3c(c[nH]c13)-c1nc(ncc1C(F)(F)F)N[C@H]1CC[C@@H](C1)NC1CCC(CC1)CNC2=O. The molecule has 0 radical (unpaired) electrons. The van der Waals surface area contributed by atoms with Gasteiger partial charge >= 0.3 is 6.18 Å². The van der Waals surface area contributed by atoms with Crippen LogP contribution in [0.3, 0.4) is 0 Å². The van der Waals surface area contributed by atoms with Gasteiger partial charge in [-0.15, -0.1) is 0 Å². The van der Waals surface area contributed by atoms with Crippen molar-refractivity contribution < 1.29 is 22.5 Å². The van der Waals surface area contributed by atoms with Crippen LogP contribution >= 0.6 is 7.14 Å². The van der Waals surface area contributed by atoms with Crippen LogP contribution in [-0.2, 0) is 10.7 Å². The molecule has 8 nitrogen and oxygen atoms in total. The normalized spacial score (nSPS) is 25.8. The van der Waals surface area contributed by atoms with Gasteiger partial charge in [0.15, 0.2) is 0 Å². The van der Waals surface area contributed by atoms with E-state index in [4.69, 9.17) is 0 Å². The second-order valence-electron chi connectivity index (χ2n) is 11.8. The summed E-state index contributed by atoms with van der Waals surface area (Å²) >= 11 is 0. The molecular formula is C28H34F3N6O2P. The molecule has 0 saturated heterocycles. The Hall–Kier alpha value is -2.91. The van der Waals surface area contributed by atoms with E-state index in [0.29, 0.717) is 40.8 Å². The maximum atomic E-state index is 14.1. The summed E-state index contributed by atoms with van der Waals surface area (Å²) < 4.78 is 55.9. The summed E-state index contributed by atoms with van der Waals surface area (Å²) in [4.78, 5) is 24.8. The van der Waals surface area contributed by atoms with Crippen molar-refractivity contribution in [3.63, 3.8) is 0 Å². The number of H-pyrrole nitrogens is 1. The van der Waals surface area contributed by atoms with Crippen LogP contribution in [0.1, 0.15) is 60.9 Å². The molecule has 2 atom stereocenters. The molecular weight excluding hydrogens is 540 g/mol. The molecule has 3 aromatic rings. The number of nitrogens with one attached hydrogen (secondary N) is 4. The number of carbonyl (C=O) groups is 1. The third-order valence-electron chi connectivity index (χ3n) is 8.60. The van der Waals surface area contributed by atoms with Crippen LogP contribution in [0.5, 0.6) is 0 Å². The number of anilines is 1. The van der Waals surface area contributed by atoms with Gasteiger partial charge in [0, 0.05) is 53.3 Å². The number of alkyl halides is 3. The number of benzene rings is 1. The molecule has 214 valence electrons. The average Bonchev–Trinajstić information content (AvgIpc) is 3.52. The van der Waals surface area contributed by atoms with E-state index in [9.17, 15) is 22.5 Å². The van der Waals surface area contributed by atoms with E-state index < -0.39 is 18.9 Å². The molecule has 2 aromatic heterocycles. The van der Waals surface area contributed by atoms with Gasteiger partial charge in [-0.2, -0.15) is 13.2 Å². The van der Waals surface area contributed by atoms with Crippen LogP contribution in [0.25, 0.3) is 22.2 Å². The molecule has 6 aliphatic rings. The van der Waals surface area contributed by atoms with Crippen LogP contribution in [-0.4, -0.2) is 58.9 Å². The van der Waals surface area contributed by atoms with Gasteiger partial charge < -0.3 is 25.5 Å². The lowest BCUT2D eigenvalue weighted by molar-refractivity contribution is -0.137. The molecule has 2 saturated carbocycles. The minimum absolute atomic E-state index is 0.0578. The van der Waals surface area contributed by atoms with E-state index in [0.717, 1.165) is 51.1 Å². The zero-order valence-electron chi connectivity index (χ0n) is 22.6. The highest BCUT2D eigenvalue weighted by atomic mass is 31.2. The van der Waals surface area contributed by atoms with Gasteiger partial charge in [-0.05, 0) is 70.3 Å². The smallest absolute Gasteiger partial charge is 0.360 e. The standard InChI is InChI=1S/C28H34F3N6O2P/c1-40(2,39)25-20-10-9-19-21(13-32-24(19)25)23-22(28(29,30)31)14-34-27(37-23)36-18-8-7-17(11-18)35-16-5-3-15(4-6-16)12-33-26(20)38/h9-10,13-18,32,35H,3-8,11-12H2,1-2H3,(H,33,38)(H,34,36,37)/t15?,16?,17-,18-/m0/s1. The van der Waals surface area contributed by atoms with E-state index in [1.54, 1.807) is 25.5 Å². The number of amides is 1. The number of nitrogens with zero attached hydrogens (tertiary/aromatic N) is 2. The first kappa shape index (κ1) is 27.3. The Bertz CT molecular complexity index is 1490. The van der Waals surface area contributed by atoms with Crippen LogP contribution < -0.4 is 21.3 Å². The lowest BCUT2D eigenvalue weighted by Gasteiger charge is -2.31. The lowest BCUT2D eigenvalue weighted by Crippen LogP contribution is -2.41. The Kier molecular flexibility index (Phi) is 6.94. The number of carbonyl (C=O) groups excluding carboxylic acids is 1. The van der Waals surface area contributed by atoms with Gasteiger partial charge in [0.05, 0.1) is 16.8 Å². The van der Waals surface area contributed by atoms with Crippen molar-refractivity contribution in [1.82, 2.24) is 25.6 Å². The van der Waals surface area contributed by atoms with Crippen LogP contribution in [0.2, 0.25) is 0 Å². The summed E-state index contributed by atoms with van der Waals surface area (Å²) in [5, 5.41) is 10.8. The molecule has 12 heteroatoms. The number of aromatic nitrogens is 3. The number of rotatable bonds is 1. The quantitative estimate of drug-likeness (QED) is 0.301. The van der Waals surface area contributed by atoms with Crippen molar-refractivity contribution in [2.75, 3.05) is 25.2 Å². The Morgan fingerprint density at radius 2 is 1.70 bits per heavy atom. The molecule has 10 bridgehead atoms. The second-order valence-corrected chi connectivity index (χ2v) is 15.0. The summed E-state index contributed by atoms with van der Waals surface area (Å²) in [5.74, 6) is 0.187. The number of hydrogen-bond donors (Lipinski definition) is 4. The maximum absolute atomic E-state index is 14.1. The molecule has 0 unspecified atom stereocenters. The Labute approximate surface area is 230 Å². The average molecular weight is 575 g/mol. The van der Waals surface area contributed by atoms with Crippen molar-refractivity contribution in [2.24, 2.45) is 5.92 Å². The lowest BCUT2D eigenvalue weighted by atomic mass is 9.85. The van der Waals surface area contributed by atoms with Crippen LogP contribution in [0.15, 0.2) is 24.5 Å². The van der Waals surface area contributed by atoms with E-state index in [1.165, 1.54) is 6.20 Å². The molecule has 1 aromatic carbocycles. The minimum Gasteiger partial charge on any atom is -0.360 e. The van der Waals surface area contributed by atoms with Gasteiger partial charge in [0.25, 0.3) is 5.91 Å². The summed E-state index contributed by atoms with van der Waals surface area (Å²) in [6, 6.07) is 3.98. The Morgan fingerprint density at radius 1 is 0.975 bits per heavy atom. The highest BCUT2D eigenvalue weighted by molar-refractivity contribution is 7.70. The van der Waals surface area contributed by atoms with Gasteiger partial charge in [-0.3, -0.25) is 4.79 Å². The van der Waals surface area contributed by atoms with Crippen molar-refractivity contribution in [1.29, 1.82) is 0 Å². The molecule has 1 amide bonds. The minimum atomic E-state index is -4.68. The number of aromatic amines is 1. The van der Waals surface area contributed by atoms with E-state index in [1.807, 2.05) is 0 Å². The van der Waals surface area contributed by atoms with Crippen molar-refractivity contribution >= 4 is 35.2 Å². The number of hydrogen-bond acceptors (Lipinski definition) is 6. The van der Waals surface area contributed by atoms with E-state index in [2.05, 4.69) is 30.9 Å². The fourth-order valence-electron chi connectivity index (χ4n) is 6.63. The first-order chi connectivity index (χ1) is 19.0. The van der Waals surface area contributed by atoms with Gasteiger partial charge in [-0.1, -0.05) is 6.07 Å². The van der Waals surface area contributed by atoms with Gasteiger partial charge in [-0.25, -0.2) is 9.97 Å². The molecule has 2 fully saturated rings. The summed E-state index contributed by atoms with van der Waals surface area (Å²) in [6.45, 7) is 3.66. The second kappa shape index (κ2) is 10.2. The fourth-order valence-corrected chi connectivity index (χ4v) is 8.11. The third kappa shape index (κ3) is 5.26. The Balaban J connectivity index is 1.49. The first-order valence-electron chi connectivity index (χ1n) is 13.9. The molecule has 40 heavy (non-hydrogen) atoms. The molecule has 4 N–H and O–H groups in total. The first-order valence-corrected chi connectivity index (χ1v) is 16.5. The molecule has 0 spiro atoms. The topological polar surface area (TPSA) is 112 Å². The highest BCUT2D eigenvalue weighted by Gasteiger charge is 2.37. The molecule has 4 aliphatic heterocycles. The summed E-state index contributed by atoms with van der Waals surface area (Å²) in [5.41, 5.74) is -0.343. The van der Waals surface area contributed by atoms with Crippen LogP contribution in [0.4, 0.5) is 19.1 Å². The van der Waals surface area contributed by atoms with Gasteiger partial charge in [0.2, 0.25) is 5.95 Å². The highest BCUT2D eigenvalue weighted by Crippen LogP contribution is 2.43. The molecule has 2 aliphatic carbocycles. The third-order valence-corrected chi connectivity index (χ3v) is 10.1. The molecule has 9 rings (SSSR count). The summed E-state index contributed by atoms with van der Waals surface area (Å²) in [7, 11) is -3.03. The van der Waals surface area contributed by atoms with Crippen molar-refractivity contribution in [2.45, 2.75) is 69.2 Å². The van der Waals surface area contributed by atoms with Gasteiger partial charge in [0.1, 0.15) is 12.7 Å². The van der Waals surface area contributed by atoms with E-state index in [-0.39, 0.29) is 34.7 Å². The van der Waals surface area contributed by atoms with Crippen molar-refractivity contribution in [3.8, 4) is 11.3 Å². The van der Waals surface area contributed by atoms with Crippen molar-refractivity contribution in [3.05, 3.63) is 35.7 Å². The number of halogens is 3. The van der Waals surface area contributed by atoms with E-state index >= 15 is 0 Å². The van der Waals surface area contributed by atoms with Crippen LogP contribution in [0, 0.1) is 5.92 Å². The zero-order valence-corrected chi connectivity index (χ0v) is 23.5. The molecule has 6 heterocycles. The zero-order chi connectivity index (χ0) is 28.2. The fraction of sp³-hybridized carbons (Fsp3) is 0.536. The Morgan fingerprint density at radius 3 is 2.42 bits per heavy atom.